The number of nitrogens with one attached hydrogen (secondary N) is 1. The lowest BCUT2D eigenvalue weighted by molar-refractivity contribution is -0.124. The molecule has 5 nitrogen and oxygen atoms in total. The van der Waals surface area contributed by atoms with E-state index in [4.69, 9.17) is 16.3 Å². The van der Waals surface area contributed by atoms with Gasteiger partial charge in [-0.1, -0.05) is 11.6 Å². The highest BCUT2D eigenvalue weighted by Crippen LogP contribution is 2.27. The Morgan fingerprint density at radius 3 is 2.96 bits per heavy atom. The Bertz CT molecular complexity index is 596. The van der Waals surface area contributed by atoms with Gasteiger partial charge in [0.2, 0.25) is 0 Å². The van der Waals surface area contributed by atoms with E-state index in [2.05, 4.69) is 10.2 Å². The molecule has 2 N–H and O–H groups in total. The van der Waals surface area contributed by atoms with Crippen LogP contribution in [0.25, 0.3) is 0 Å². The fourth-order valence-corrected chi connectivity index (χ4v) is 3.84. The molecule has 1 unspecified atom stereocenters. The number of halogens is 1. The van der Waals surface area contributed by atoms with Crippen LogP contribution in [-0.2, 0) is 4.79 Å². The molecule has 1 aliphatic carbocycles. The Balaban J connectivity index is 1.49. The fourth-order valence-electron chi connectivity index (χ4n) is 3.72. The Morgan fingerprint density at radius 1 is 1.42 bits per heavy atom. The van der Waals surface area contributed by atoms with Gasteiger partial charge in [0, 0.05) is 30.2 Å². The quantitative estimate of drug-likeness (QED) is 0.852. The van der Waals surface area contributed by atoms with E-state index < -0.39 is 0 Å². The van der Waals surface area contributed by atoms with Crippen LogP contribution < -0.4 is 10.1 Å². The highest BCUT2D eigenvalue weighted by atomic mass is 35.5. The van der Waals surface area contributed by atoms with Crippen molar-refractivity contribution in [1.82, 2.24) is 10.2 Å². The number of rotatable bonds is 5. The molecule has 6 heteroatoms. The summed E-state index contributed by atoms with van der Waals surface area (Å²) in [5.41, 5.74) is 0.929. The van der Waals surface area contributed by atoms with Crippen LogP contribution in [0.2, 0.25) is 5.02 Å². The molecule has 3 atom stereocenters. The van der Waals surface area contributed by atoms with Gasteiger partial charge < -0.3 is 15.2 Å². The molecule has 0 bridgehead atoms. The second-order valence-electron chi connectivity index (χ2n) is 6.81. The van der Waals surface area contributed by atoms with E-state index in [0.717, 1.165) is 44.3 Å². The Hall–Kier alpha value is -1.30. The minimum atomic E-state index is -0.224. The first-order chi connectivity index (χ1) is 11.5. The Morgan fingerprint density at radius 2 is 2.25 bits per heavy atom. The van der Waals surface area contributed by atoms with E-state index in [-0.39, 0.29) is 24.7 Å². The summed E-state index contributed by atoms with van der Waals surface area (Å²) in [7, 11) is 0. The number of aliphatic hydroxyl groups is 1. The normalized spacial score (nSPS) is 27.4. The van der Waals surface area contributed by atoms with E-state index in [1.54, 1.807) is 12.1 Å². The van der Waals surface area contributed by atoms with Crippen LogP contribution in [0.15, 0.2) is 18.2 Å². The molecule has 1 heterocycles. The highest BCUT2D eigenvalue weighted by Gasteiger charge is 2.36. The molecule has 0 radical (unpaired) electrons. The molecule has 132 valence electrons. The number of likely N-dealkylation sites (tertiary alicyclic amines) is 1. The maximum absolute atomic E-state index is 12.2. The SMILES string of the molecule is Cc1cc(OCC(=O)N[C@@H]2CCC[C@@H]2N2CCC(O)C2)ccc1Cl. The standard InChI is InChI=1S/C18H25ClN2O3/c1-12-9-14(5-6-15(12)19)24-11-18(23)20-16-3-2-4-17(16)21-8-7-13(22)10-21/h5-6,9,13,16-17,22H,2-4,7-8,10-11H2,1H3,(H,20,23)/t13?,16-,17+/m1/s1. The fraction of sp³-hybridized carbons (Fsp3) is 0.611. The molecule has 1 aromatic rings. The molecule has 1 aromatic carbocycles. The van der Waals surface area contributed by atoms with Crippen molar-refractivity contribution in [2.45, 2.75) is 50.8 Å². The number of nitrogens with zero attached hydrogens (tertiary/aromatic N) is 1. The van der Waals surface area contributed by atoms with Crippen molar-refractivity contribution in [1.29, 1.82) is 0 Å². The zero-order valence-electron chi connectivity index (χ0n) is 14.0. The van der Waals surface area contributed by atoms with Gasteiger partial charge >= 0.3 is 0 Å². The van der Waals surface area contributed by atoms with Gasteiger partial charge in [-0.05, 0) is 56.4 Å². The third-order valence-electron chi connectivity index (χ3n) is 4.99. The van der Waals surface area contributed by atoms with Crippen LogP contribution in [0.5, 0.6) is 5.75 Å². The highest BCUT2D eigenvalue weighted by molar-refractivity contribution is 6.31. The van der Waals surface area contributed by atoms with Gasteiger partial charge in [-0.2, -0.15) is 0 Å². The number of aliphatic hydroxyl groups excluding tert-OH is 1. The summed E-state index contributed by atoms with van der Waals surface area (Å²) >= 11 is 5.99. The Kier molecular flexibility index (Phi) is 5.64. The number of amides is 1. The zero-order valence-corrected chi connectivity index (χ0v) is 14.8. The first-order valence-electron chi connectivity index (χ1n) is 8.63. The van der Waals surface area contributed by atoms with E-state index in [9.17, 15) is 9.90 Å². The molecule has 0 aromatic heterocycles. The third kappa shape index (κ3) is 4.21. The molecule has 0 spiro atoms. The van der Waals surface area contributed by atoms with Gasteiger partial charge in [0.1, 0.15) is 5.75 Å². The van der Waals surface area contributed by atoms with Gasteiger partial charge in [0.15, 0.2) is 6.61 Å². The van der Waals surface area contributed by atoms with Crippen LogP contribution in [-0.4, -0.2) is 53.8 Å². The zero-order chi connectivity index (χ0) is 17.1. The largest absolute Gasteiger partial charge is 0.484 e. The first kappa shape index (κ1) is 17.5. The van der Waals surface area contributed by atoms with Crippen molar-refractivity contribution in [2.75, 3.05) is 19.7 Å². The summed E-state index contributed by atoms with van der Waals surface area (Å²) in [6.45, 7) is 3.55. The monoisotopic (exact) mass is 352 g/mol. The lowest BCUT2D eigenvalue weighted by Crippen LogP contribution is -2.49. The predicted molar refractivity (Wildman–Crippen MR) is 93.5 cm³/mol. The molecule has 3 rings (SSSR count). The van der Waals surface area contributed by atoms with E-state index in [0.29, 0.717) is 16.8 Å². The van der Waals surface area contributed by atoms with Crippen molar-refractivity contribution in [2.24, 2.45) is 0 Å². The second-order valence-corrected chi connectivity index (χ2v) is 7.22. The van der Waals surface area contributed by atoms with Crippen molar-refractivity contribution < 1.29 is 14.6 Å². The number of β-amino-alcohol motifs (C(OH)–C–C–N with tert-alkyl or cyclic N) is 1. The van der Waals surface area contributed by atoms with Gasteiger partial charge in [0.05, 0.1) is 6.10 Å². The number of ether oxygens (including phenoxy) is 1. The molecular formula is C18H25ClN2O3. The maximum Gasteiger partial charge on any atom is 0.258 e. The van der Waals surface area contributed by atoms with Crippen LogP contribution >= 0.6 is 11.6 Å². The Labute approximate surface area is 147 Å². The van der Waals surface area contributed by atoms with Gasteiger partial charge in [-0.25, -0.2) is 0 Å². The average Bonchev–Trinajstić information content (AvgIpc) is 3.17. The average molecular weight is 353 g/mol. The number of hydrogen-bond donors (Lipinski definition) is 2. The topological polar surface area (TPSA) is 61.8 Å². The number of carbonyl (C=O) groups excluding carboxylic acids is 1. The van der Waals surface area contributed by atoms with Gasteiger partial charge in [0.25, 0.3) is 5.91 Å². The lowest BCUT2D eigenvalue weighted by atomic mass is 10.1. The molecule has 2 aliphatic rings. The molecular weight excluding hydrogens is 328 g/mol. The molecule has 1 saturated carbocycles. The minimum absolute atomic E-state index is 0.00686. The summed E-state index contributed by atoms with van der Waals surface area (Å²) in [5, 5.41) is 13.5. The van der Waals surface area contributed by atoms with Crippen molar-refractivity contribution in [3.63, 3.8) is 0 Å². The molecule has 1 saturated heterocycles. The van der Waals surface area contributed by atoms with Crippen LogP contribution in [0.1, 0.15) is 31.2 Å². The van der Waals surface area contributed by atoms with Crippen LogP contribution in [0, 0.1) is 6.92 Å². The van der Waals surface area contributed by atoms with Crippen molar-refractivity contribution in [3.05, 3.63) is 28.8 Å². The number of hydrogen-bond acceptors (Lipinski definition) is 4. The lowest BCUT2D eigenvalue weighted by Gasteiger charge is -2.29. The van der Waals surface area contributed by atoms with Crippen molar-refractivity contribution in [3.8, 4) is 5.75 Å². The number of aryl methyl sites for hydroxylation is 1. The summed E-state index contributed by atoms with van der Waals surface area (Å²) in [4.78, 5) is 14.5. The minimum Gasteiger partial charge on any atom is -0.484 e. The molecule has 24 heavy (non-hydrogen) atoms. The predicted octanol–water partition coefficient (Wildman–Crippen LogP) is 2.13. The first-order valence-corrected chi connectivity index (χ1v) is 9.01. The third-order valence-corrected chi connectivity index (χ3v) is 5.41. The van der Waals surface area contributed by atoms with Gasteiger partial charge in [-0.15, -0.1) is 0 Å². The molecule has 2 fully saturated rings. The summed E-state index contributed by atoms with van der Waals surface area (Å²) < 4.78 is 5.57. The van der Waals surface area contributed by atoms with Crippen LogP contribution in [0.4, 0.5) is 0 Å². The smallest absolute Gasteiger partial charge is 0.258 e. The number of benzene rings is 1. The summed E-state index contributed by atoms with van der Waals surface area (Å²) in [6, 6.07) is 5.87. The molecule has 1 amide bonds. The van der Waals surface area contributed by atoms with Crippen LogP contribution in [0.3, 0.4) is 0 Å². The summed E-state index contributed by atoms with van der Waals surface area (Å²) in [5.74, 6) is 0.553. The second kappa shape index (κ2) is 7.72. The van der Waals surface area contributed by atoms with E-state index >= 15 is 0 Å². The number of carbonyl (C=O) groups is 1. The van der Waals surface area contributed by atoms with Crippen molar-refractivity contribution >= 4 is 17.5 Å². The maximum atomic E-state index is 12.2. The summed E-state index contributed by atoms with van der Waals surface area (Å²) in [6.07, 6.45) is 3.78. The molecule has 1 aliphatic heterocycles. The van der Waals surface area contributed by atoms with Gasteiger partial charge in [-0.3, -0.25) is 9.69 Å². The van der Waals surface area contributed by atoms with E-state index in [1.165, 1.54) is 0 Å². The van der Waals surface area contributed by atoms with E-state index in [1.807, 2.05) is 13.0 Å².